The van der Waals surface area contributed by atoms with Crippen LogP contribution in [0, 0.1) is 20.2 Å². The number of nitro benzene ring substituents is 2. The smallest absolute Gasteiger partial charge is 0.299 e. The lowest BCUT2D eigenvalue weighted by molar-refractivity contribution is -0.395. The Kier molecular flexibility index (Phi) is 7.29. The largest absolute Gasteiger partial charge is 0.394 e. The van der Waals surface area contributed by atoms with E-state index in [1.54, 1.807) is 0 Å². The van der Waals surface area contributed by atoms with Crippen molar-refractivity contribution < 1.29 is 35.0 Å². The number of aliphatic hydroxyl groups is 4. The summed E-state index contributed by atoms with van der Waals surface area (Å²) in [5.74, 6) is 0. The molecule has 0 amide bonds. The monoisotopic (exact) mass is 417 g/mol. The van der Waals surface area contributed by atoms with Gasteiger partial charge in [-0.1, -0.05) is 17.8 Å². The maximum absolute atomic E-state index is 11.4. The number of ether oxygens (including phenoxy) is 1. The van der Waals surface area contributed by atoms with Crippen LogP contribution in [0.15, 0.2) is 29.7 Å². The fourth-order valence-electron chi connectivity index (χ4n) is 2.56. The highest BCUT2D eigenvalue weighted by atomic mass is 32.2. The van der Waals surface area contributed by atoms with Crippen molar-refractivity contribution in [3.8, 4) is 0 Å². The standard InChI is InChI=1S/C15H19N3O9S/c1-2-3-16-7-4-11(9(18(25)26)5-8(7)17(23)24)28-15-14(22)13(21)12(20)10(6-19)27-15/h2,4-5,10,12-16,19-22H,1,3,6H2/t10-,12+,13+,14-,15+/m1/s1. The molecule has 0 aliphatic carbocycles. The fraction of sp³-hybridized carbons (Fsp3) is 0.467. The lowest BCUT2D eigenvalue weighted by atomic mass is 10.0. The first-order valence-electron chi connectivity index (χ1n) is 8.00. The fourth-order valence-corrected chi connectivity index (χ4v) is 3.75. The molecule has 0 aromatic heterocycles. The van der Waals surface area contributed by atoms with E-state index in [2.05, 4.69) is 11.9 Å². The number of hydrogen-bond donors (Lipinski definition) is 5. The molecule has 28 heavy (non-hydrogen) atoms. The van der Waals surface area contributed by atoms with Crippen molar-refractivity contribution in [3.63, 3.8) is 0 Å². The number of benzene rings is 1. The van der Waals surface area contributed by atoms with Gasteiger partial charge in [0.05, 0.1) is 27.4 Å². The molecule has 1 aromatic rings. The number of nitro groups is 2. The molecular weight excluding hydrogens is 398 g/mol. The summed E-state index contributed by atoms with van der Waals surface area (Å²) in [6.45, 7) is 2.98. The summed E-state index contributed by atoms with van der Waals surface area (Å²) in [4.78, 5) is 20.9. The normalized spacial score (nSPS) is 27.2. The Bertz CT molecular complexity index is 761. The van der Waals surface area contributed by atoms with Crippen molar-refractivity contribution in [3.05, 3.63) is 45.0 Å². The van der Waals surface area contributed by atoms with Gasteiger partial charge < -0.3 is 30.5 Å². The minimum atomic E-state index is -1.65. The number of hydrogen-bond acceptors (Lipinski definition) is 11. The average Bonchev–Trinajstić information content (AvgIpc) is 2.66. The first-order valence-corrected chi connectivity index (χ1v) is 8.88. The van der Waals surface area contributed by atoms with Crippen LogP contribution in [0.5, 0.6) is 0 Å². The summed E-state index contributed by atoms with van der Waals surface area (Å²) in [6.07, 6.45) is -4.60. The molecule has 1 fully saturated rings. The van der Waals surface area contributed by atoms with Crippen LogP contribution in [0.1, 0.15) is 0 Å². The first kappa shape index (κ1) is 22.0. The van der Waals surface area contributed by atoms with Crippen molar-refractivity contribution in [1.82, 2.24) is 0 Å². The molecule has 2 rings (SSSR count). The molecular formula is C15H19N3O9S. The van der Waals surface area contributed by atoms with Gasteiger partial charge in [0.15, 0.2) is 0 Å². The van der Waals surface area contributed by atoms with Crippen LogP contribution in [0.3, 0.4) is 0 Å². The Hall–Kier alpha value is -2.29. The van der Waals surface area contributed by atoms with E-state index in [1.165, 1.54) is 6.08 Å². The highest BCUT2D eigenvalue weighted by Crippen LogP contribution is 2.42. The molecule has 1 heterocycles. The van der Waals surface area contributed by atoms with Crippen LogP contribution >= 0.6 is 11.8 Å². The highest BCUT2D eigenvalue weighted by molar-refractivity contribution is 8.00. The Balaban J connectivity index is 2.43. The molecule has 12 nitrogen and oxygen atoms in total. The van der Waals surface area contributed by atoms with Gasteiger partial charge in [0.2, 0.25) is 0 Å². The molecule has 1 aliphatic rings. The Morgan fingerprint density at radius 3 is 2.32 bits per heavy atom. The van der Waals surface area contributed by atoms with Gasteiger partial charge in [-0.25, -0.2) is 0 Å². The van der Waals surface area contributed by atoms with Gasteiger partial charge in [0.1, 0.15) is 35.5 Å². The van der Waals surface area contributed by atoms with Crippen LogP contribution < -0.4 is 5.32 Å². The van der Waals surface area contributed by atoms with Crippen molar-refractivity contribution in [2.75, 3.05) is 18.5 Å². The summed E-state index contributed by atoms with van der Waals surface area (Å²) in [6, 6.07) is 1.93. The molecule has 1 aliphatic heterocycles. The van der Waals surface area contributed by atoms with E-state index in [9.17, 15) is 40.7 Å². The maximum Gasteiger partial charge on any atom is 0.299 e. The number of nitrogens with zero attached hydrogens (tertiary/aromatic N) is 2. The predicted molar refractivity (Wildman–Crippen MR) is 98.1 cm³/mol. The number of thioether (sulfide) groups is 1. The van der Waals surface area contributed by atoms with Crippen molar-refractivity contribution in [2.24, 2.45) is 0 Å². The number of nitrogens with one attached hydrogen (secondary N) is 1. The average molecular weight is 417 g/mol. The Morgan fingerprint density at radius 2 is 1.79 bits per heavy atom. The molecule has 0 saturated carbocycles. The molecule has 1 aromatic carbocycles. The molecule has 1 saturated heterocycles. The highest BCUT2D eigenvalue weighted by Gasteiger charge is 2.44. The van der Waals surface area contributed by atoms with Gasteiger partial charge >= 0.3 is 0 Å². The first-order chi connectivity index (χ1) is 13.2. The molecule has 154 valence electrons. The topological polar surface area (TPSA) is 188 Å². The zero-order chi connectivity index (χ0) is 21.0. The molecule has 0 unspecified atom stereocenters. The Morgan fingerprint density at radius 1 is 1.14 bits per heavy atom. The third kappa shape index (κ3) is 4.57. The molecule has 0 spiro atoms. The van der Waals surface area contributed by atoms with E-state index in [4.69, 9.17) is 4.74 Å². The number of rotatable bonds is 8. The van der Waals surface area contributed by atoms with Crippen LogP contribution in [-0.2, 0) is 4.74 Å². The lowest BCUT2D eigenvalue weighted by Crippen LogP contribution is -2.57. The summed E-state index contributed by atoms with van der Waals surface area (Å²) < 4.78 is 5.33. The Labute approximate surface area is 162 Å². The molecule has 5 N–H and O–H groups in total. The van der Waals surface area contributed by atoms with E-state index in [0.29, 0.717) is 11.8 Å². The quantitative estimate of drug-likeness (QED) is 0.217. The second-order valence-electron chi connectivity index (χ2n) is 5.84. The SMILES string of the molecule is C=CCNc1cc(S[C@@H]2O[C@H](CO)[C@H](O)[C@H](O)[C@H]2O)c([N+](=O)[O-])cc1[N+](=O)[O-]. The van der Waals surface area contributed by atoms with Gasteiger partial charge in [0, 0.05) is 6.54 Å². The van der Waals surface area contributed by atoms with Crippen LogP contribution in [-0.4, -0.2) is 73.3 Å². The number of anilines is 1. The van der Waals surface area contributed by atoms with E-state index < -0.39 is 57.7 Å². The van der Waals surface area contributed by atoms with Gasteiger partial charge in [-0.05, 0) is 6.07 Å². The minimum Gasteiger partial charge on any atom is -0.394 e. The lowest BCUT2D eigenvalue weighted by Gasteiger charge is -2.39. The van der Waals surface area contributed by atoms with Crippen molar-refractivity contribution in [1.29, 1.82) is 0 Å². The maximum atomic E-state index is 11.4. The summed E-state index contributed by atoms with van der Waals surface area (Å²) in [5.41, 5.74) is -2.41. The van der Waals surface area contributed by atoms with Gasteiger partial charge in [-0.3, -0.25) is 20.2 Å². The zero-order valence-electron chi connectivity index (χ0n) is 14.4. The minimum absolute atomic E-state index is 0.0115. The van der Waals surface area contributed by atoms with E-state index in [0.717, 1.165) is 12.1 Å². The van der Waals surface area contributed by atoms with E-state index in [1.807, 2.05) is 0 Å². The van der Waals surface area contributed by atoms with Crippen LogP contribution in [0.25, 0.3) is 0 Å². The van der Waals surface area contributed by atoms with Crippen molar-refractivity contribution >= 4 is 28.8 Å². The second kappa shape index (κ2) is 9.27. The van der Waals surface area contributed by atoms with Crippen LogP contribution in [0.2, 0.25) is 0 Å². The summed E-state index contributed by atoms with van der Waals surface area (Å²) >= 11 is 0.636. The third-order valence-electron chi connectivity index (χ3n) is 4.00. The third-order valence-corrected chi connectivity index (χ3v) is 5.20. The van der Waals surface area contributed by atoms with Crippen LogP contribution in [0.4, 0.5) is 17.1 Å². The summed E-state index contributed by atoms with van der Waals surface area (Å²) in [7, 11) is 0. The molecule has 0 bridgehead atoms. The number of aliphatic hydroxyl groups excluding tert-OH is 4. The van der Waals surface area contributed by atoms with Gasteiger partial charge in [-0.2, -0.15) is 0 Å². The molecule has 13 heteroatoms. The van der Waals surface area contributed by atoms with E-state index in [-0.39, 0.29) is 17.1 Å². The molecule has 5 atom stereocenters. The van der Waals surface area contributed by atoms with E-state index >= 15 is 0 Å². The van der Waals surface area contributed by atoms with Gasteiger partial charge in [0.25, 0.3) is 11.4 Å². The van der Waals surface area contributed by atoms with Gasteiger partial charge in [-0.15, -0.1) is 6.58 Å². The van der Waals surface area contributed by atoms with Crippen molar-refractivity contribution in [2.45, 2.75) is 34.7 Å². The predicted octanol–water partition coefficient (Wildman–Crippen LogP) is -0.00710. The summed E-state index contributed by atoms with van der Waals surface area (Å²) in [5, 5.41) is 64.4. The zero-order valence-corrected chi connectivity index (χ0v) is 15.2. The molecule has 0 radical (unpaired) electrons. The second-order valence-corrected chi connectivity index (χ2v) is 6.98.